The molecule has 1 unspecified atom stereocenters. The van der Waals surface area contributed by atoms with Gasteiger partial charge in [0.15, 0.2) is 5.78 Å². The van der Waals surface area contributed by atoms with Gasteiger partial charge in [-0.2, -0.15) is 0 Å². The molecule has 4 nitrogen and oxygen atoms in total. The molecule has 0 saturated heterocycles. The molecule has 0 aliphatic heterocycles. The van der Waals surface area contributed by atoms with E-state index in [0.29, 0.717) is 17.0 Å². The van der Waals surface area contributed by atoms with Crippen molar-refractivity contribution < 1.29 is 4.79 Å². The lowest BCUT2D eigenvalue weighted by atomic mass is 9.79. The Morgan fingerprint density at radius 2 is 1.69 bits per heavy atom. The van der Waals surface area contributed by atoms with Crippen LogP contribution in [0, 0.1) is 0 Å². The molecule has 5 rings (SSSR count). The van der Waals surface area contributed by atoms with E-state index in [2.05, 4.69) is 39.2 Å². The van der Waals surface area contributed by atoms with Gasteiger partial charge in [0.05, 0.1) is 17.3 Å². The van der Waals surface area contributed by atoms with Gasteiger partial charge in [-0.25, -0.2) is 9.97 Å². The number of pyridine rings is 1. The van der Waals surface area contributed by atoms with Gasteiger partial charge in [0.2, 0.25) is 0 Å². The molecule has 140 valence electrons. The third-order valence-corrected chi connectivity index (χ3v) is 5.92. The smallest absolute Gasteiger partial charge is 0.178 e. The number of carbonyl (C=O) groups excluding carboxylic acids is 1. The molecule has 0 fully saturated rings. The average molecular weight is 395 g/mol. The summed E-state index contributed by atoms with van der Waals surface area (Å²) in [6.07, 6.45) is 7.04. The second-order valence-corrected chi connectivity index (χ2v) is 7.76. The van der Waals surface area contributed by atoms with Crippen molar-refractivity contribution in [3.05, 3.63) is 96.2 Å². The fourth-order valence-corrected chi connectivity index (χ4v) is 4.22. The second-order valence-electron chi connectivity index (χ2n) is 6.88. The summed E-state index contributed by atoms with van der Waals surface area (Å²) in [5.41, 5.74) is 5.96. The summed E-state index contributed by atoms with van der Waals surface area (Å²) in [5.74, 6) is -0.442. The first-order chi connectivity index (χ1) is 14.3. The Hall–Kier alpha value is -3.31. The van der Waals surface area contributed by atoms with Gasteiger partial charge in [-0.1, -0.05) is 54.6 Å². The van der Waals surface area contributed by atoms with Crippen molar-refractivity contribution in [1.82, 2.24) is 15.0 Å². The second kappa shape index (κ2) is 7.26. The van der Waals surface area contributed by atoms with Crippen LogP contribution in [0.25, 0.3) is 22.4 Å². The number of hydrogen-bond donors (Lipinski definition) is 0. The molecule has 1 aliphatic rings. The first-order valence-corrected chi connectivity index (χ1v) is 10.5. The molecule has 2 aromatic carbocycles. The predicted molar refractivity (Wildman–Crippen MR) is 115 cm³/mol. The molecule has 2 aromatic heterocycles. The zero-order valence-electron chi connectivity index (χ0n) is 15.7. The van der Waals surface area contributed by atoms with Crippen LogP contribution in [-0.4, -0.2) is 27.0 Å². The van der Waals surface area contributed by atoms with Gasteiger partial charge in [-0.05, 0) is 29.0 Å². The molecule has 0 radical (unpaired) electrons. The molecule has 0 N–H and O–H groups in total. The van der Waals surface area contributed by atoms with Crippen LogP contribution in [0.1, 0.15) is 27.5 Å². The van der Waals surface area contributed by atoms with E-state index >= 15 is 0 Å². The third-order valence-electron chi connectivity index (χ3n) is 5.22. The van der Waals surface area contributed by atoms with Crippen LogP contribution in [0.5, 0.6) is 0 Å². The number of benzene rings is 2. The minimum atomic E-state index is -0.469. The molecule has 4 aromatic rings. The Balaban J connectivity index is 1.69. The van der Waals surface area contributed by atoms with E-state index in [1.165, 1.54) is 6.33 Å². The molecular formula is C24H17N3OS. The van der Waals surface area contributed by atoms with Gasteiger partial charge >= 0.3 is 0 Å². The fraction of sp³-hybridized carbons (Fsp3) is 0.0833. The van der Waals surface area contributed by atoms with Gasteiger partial charge in [-0.3, -0.25) is 9.78 Å². The molecule has 0 spiro atoms. The lowest BCUT2D eigenvalue weighted by Gasteiger charge is -2.25. The van der Waals surface area contributed by atoms with Gasteiger partial charge in [0, 0.05) is 28.4 Å². The number of hydrogen-bond acceptors (Lipinski definition) is 5. The summed E-state index contributed by atoms with van der Waals surface area (Å²) in [4.78, 5) is 27.8. The van der Waals surface area contributed by atoms with E-state index in [-0.39, 0.29) is 5.78 Å². The Morgan fingerprint density at radius 3 is 2.52 bits per heavy atom. The normalized spacial score (nSPS) is 14.9. The van der Waals surface area contributed by atoms with E-state index in [9.17, 15) is 4.79 Å². The average Bonchev–Trinajstić information content (AvgIpc) is 2.80. The summed E-state index contributed by atoms with van der Waals surface area (Å²) in [6.45, 7) is 0. The maximum atomic E-state index is 13.6. The predicted octanol–water partition coefficient (Wildman–Crippen LogP) is 5.26. The van der Waals surface area contributed by atoms with Crippen LogP contribution in [0.4, 0.5) is 0 Å². The van der Waals surface area contributed by atoms with Gasteiger partial charge in [0.25, 0.3) is 0 Å². The lowest BCUT2D eigenvalue weighted by molar-refractivity contribution is 0.0970. The monoisotopic (exact) mass is 395 g/mol. The number of thioether (sulfide) groups is 1. The van der Waals surface area contributed by atoms with Crippen molar-refractivity contribution in [3.63, 3.8) is 0 Å². The van der Waals surface area contributed by atoms with Gasteiger partial charge in [0.1, 0.15) is 6.33 Å². The quantitative estimate of drug-likeness (QED) is 0.443. The van der Waals surface area contributed by atoms with E-state index < -0.39 is 5.92 Å². The van der Waals surface area contributed by atoms with Crippen LogP contribution < -0.4 is 0 Å². The molecule has 1 atom stereocenters. The standard InChI is InChI=1S/C24H17N3OS/c1-29-18-11-19-22(26-12-18)20-13-25-14-27-23(20)21(24(19)28)17-9-5-8-16(10-17)15-6-3-2-4-7-15/h2-14,21H,1H3. The zero-order valence-corrected chi connectivity index (χ0v) is 16.6. The molecular weight excluding hydrogens is 378 g/mol. The highest BCUT2D eigenvalue weighted by atomic mass is 32.2. The van der Waals surface area contributed by atoms with E-state index in [1.807, 2.05) is 42.7 Å². The molecule has 29 heavy (non-hydrogen) atoms. The number of carbonyl (C=O) groups is 1. The van der Waals surface area contributed by atoms with E-state index in [4.69, 9.17) is 0 Å². The van der Waals surface area contributed by atoms with Crippen LogP contribution >= 0.6 is 11.8 Å². The van der Waals surface area contributed by atoms with Gasteiger partial charge < -0.3 is 0 Å². The van der Waals surface area contributed by atoms with Crippen molar-refractivity contribution >= 4 is 17.5 Å². The Labute approximate surface area is 173 Å². The van der Waals surface area contributed by atoms with Crippen LogP contribution in [0.15, 0.2) is 84.3 Å². The molecule has 2 heterocycles. The topological polar surface area (TPSA) is 55.7 Å². The lowest BCUT2D eigenvalue weighted by Crippen LogP contribution is -2.23. The van der Waals surface area contributed by atoms with Crippen molar-refractivity contribution in [3.8, 4) is 22.4 Å². The summed E-state index contributed by atoms with van der Waals surface area (Å²) >= 11 is 1.58. The highest BCUT2D eigenvalue weighted by Crippen LogP contribution is 2.41. The summed E-state index contributed by atoms with van der Waals surface area (Å²) < 4.78 is 0. The fourth-order valence-electron chi connectivity index (χ4n) is 3.83. The minimum absolute atomic E-state index is 0.0276. The van der Waals surface area contributed by atoms with E-state index in [0.717, 1.165) is 27.1 Å². The van der Waals surface area contributed by atoms with Crippen LogP contribution in [-0.2, 0) is 0 Å². The van der Waals surface area contributed by atoms with Crippen molar-refractivity contribution in [1.29, 1.82) is 0 Å². The molecule has 1 aliphatic carbocycles. The SMILES string of the molecule is CSc1cnc2c(c1)C(=O)C(c1cccc(-c3ccccc3)c1)c1ncncc1-2. The first kappa shape index (κ1) is 17.8. The van der Waals surface area contributed by atoms with Crippen LogP contribution in [0.3, 0.4) is 0 Å². The van der Waals surface area contributed by atoms with Crippen molar-refractivity contribution in [2.45, 2.75) is 10.8 Å². The molecule has 0 saturated carbocycles. The molecule has 0 bridgehead atoms. The number of aromatic nitrogens is 3. The number of rotatable bonds is 3. The summed E-state index contributed by atoms with van der Waals surface area (Å²) in [7, 11) is 0. The first-order valence-electron chi connectivity index (χ1n) is 9.30. The zero-order chi connectivity index (χ0) is 19.8. The van der Waals surface area contributed by atoms with Crippen LogP contribution in [0.2, 0.25) is 0 Å². The van der Waals surface area contributed by atoms with E-state index in [1.54, 1.807) is 24.2 Å². The molecule has 0 amide bonds. The highest BCUT2D eigenvalue weighted by molar-refractivity contribution is 7.98. The summed E-state index contributed by atoms with van der Waals surface area (Å²) in [6, 6.07) is 20.2. The number of Topliss-reactive ketones (excluding diaryl/α,β-unsaturated/α-hetero) is 1. The number of nitrogens with zero attached hydrogens (tertiary/aromatic N) is 3. The Morgan fingerprint density at radius 1 is 0.862 bits per heavy atom. The Kier molecular flexibility index (Phi) is 4.45. The largest absolute Gasteiger partial charge is 0.293 e. The highest BCUT2D eigenvalue weighted by Gasteiger charge is 2.35. The van der Waals surface area contributed by atoms with Crippen molar-refractivity contribution in [2.24, 2.45) is 0 Å². The van der Waals surface area contributed by atoms with Gasteiger partial charge in [-0.15, -0.1) is 11.8 Å². The number of fused-ring (bicyclic) bond motifs is 3. The number of ketones is 1. The maximum Gasteiger partial charge on any atom is 0.178 e. The molecule has 5 heteroatoms. The Bertz CT molecular complexity index is 1220. The maximum absolute atomic E-state index is 13.6. The van der Waals surface area contributed by atoms with Crippen molar-refractivity contribution in [2.75, 3.05) is 6.26 Å². The third kappa shape index (κ3) is 3.04. The summed E-state index contributed by atoms with van der Waals surface area (Å²) in [5, 5.41) is 0. The minimum Gasteiger partial charge on any atom is -0.293 e.